The fourth-order valence-electron chi connectivity index (χ4n) is 1.50. The van der Waals surface area contributed by atoms with Gasteiger partial charge in [-0.25, -0.2) is 0 Å². The molecule has 0 bridgehead atoms. The number of carbonyl (C=O) groups excluding carboxylic acids is 2. The van der Waals surface area contributed by atoms with Crippen LogP contribution in [0.4, 0.5) is 5.82 Å². The highest BCUT2D eigenvalue weighted by atomic mass is 35.5. The van der Waals surface area contributed by atoms with Crippen LogP contribution in [0, 0.1) is 6.92 Å². The van der Waals surface area contributed by atoms with Crippen LogP contribution in [-0.4, -0.2) is 54.1 Å². The van der Waals surface area contributed by atoms with E-state index in [4.69, 9.17) is 20.9 Å². The molecule has 1 unspecified atom stereocenters. The monoisotopic (exact) mass is 303 g/mol. The van der Waals surface area contributed by atoms with Gasteiger partial charge >= 0.3 is 0 Å². The summed E-state index contributed by atoms with van der Waals surface area (Å²) >= 11 is 5.76. The number of nitrogens with one attached hydrogen (secondary N) is 1. The number of alkyl halides is 1. The Morgan fingerprint density at radius 1 is 1.60 bits per heavy atom. The molecule has 2 amide bonds. The molecule has 0 radical (unpaired) electrons. The third-order valence-corrected chi connectivity index (χ3v) is 2.63. The van der Waals surface area contributed by atoms with Crippen LogP contribution >= 0.6 is 11.6 Å². The molecule has 1 N–H and O–H groups in total. The second-order valence-electron chi connectivity index (χ2n) is 4.24. The van der Waals surface area contributed by atoms with E-state index < -0.39 is 5.38 Å². The van der Waals surface area contributed by atoms with Gasteiger partial charge < -0.3 is 19.5 Å². The van der Waals surface area contributed by atoms with Gasteiger partial charge in [0.1, 0.15) is 17.7 Å². The van der Waals surface area contributed by atoms with Crippen molar-refractivity contribution in [3.8, 4) is 0 Å². The highest BCUT2D eigenvalue weighted by Crippen LogP contribution is 2.07. The summed E-state index contributed by atoms with van der Waals surface area (Å²) in [5.74, 6) is 0.197. The van der Waals surface area contributed by atoms with E-state index in [2.05, 4.69) is 10.5 Å². The van der Waals surface area contributed by atoms with Gasteiger partial charge in [-0.3, -0.25) is 9.59 Å². The molecule has 112 valence electrons. The molecule has 1 atom stereocenters. The van der Waals surface area contributed by atoms with E-state index in [1.54, 1.807) is 19.9 Å². The highest BCUT2D eigenvalue weighted by molar-refractivity contribution is 6.30. The quantitative estimate of drug-likeness (QED) is 0.760. The molecule has 1 aromatic heterocycles. The van der Waals surface area contributed by atoms with E-state index in [0.29, 0.717) is 18.2 Å². The van der Waals surface area contributed by atoms with Gasteiger partial charge in [0.2, 0.25) is 11.8 Å². The Labute approximate surface area is 122 Å². The maximum Gasteiger partial charge on any atom is 0.245 e. The molecule has 0 aliphatic heterocycles. The molecule has 7 nitrogen and oxygen atoms in total. The Kier molecular flexibility index (Phi) is 6.47. The van der Waals surface area contributed by atoms with Crippen molar-refractivity contribution in [1.82, 2.24) is 10.1 Å². The highest BCUT2D eigenvalue weighted by Gasteiger charge is 2.21. The van der Waals surface area contributed by atoms with Crippen LogP contribution in [0.15, 0.2) is 10.6 Å². The van der Waals surface area contributed by atoms with Crippen molar-refractivity contribution >= 4 is 29.2 Å². The molecule has 0 aromatic carbocycles. The van der Waals surface area contributed by atoms with Gasteiger partial charge in [-0.1, -0.05) is 5.16 Å². The van der Waals surface area contributed by atoms with Crippen molar-refractivity contribution in [1.29, 1.82) is 0 Å². The van der Waals surface area contributed by atoms with Gasteiger partial charge in [0, 0.05) is 19.7 Å². The van der Waals surface area contributed by atoms with Crippen LogP contribution in [0.2, 0.25) is 0 Å². The fourth-order valence-corrected chi connectivity index (χ4v) is 1.64. The summed E-state index contributed by atoms with van der Waals surface area (Å²) in [5.41, 5.74) is 0. The zero-order valence-electron chi connectivity index (χ0n) is 11.7. The van der Waals surface area contributed by atoms with E-state index >= 15 is 0 Å². The number of aromatic nitrogens is 1. The predicted molar refractivity (Wildman–Crippen MR) is 73.6 cm³/mol. The summed E-state index contributed by atoms with van der Waals surface area (Å²) in [6.45, 7) is 3.77. The maximum absolute atomic E-state index is 11.9. The molecule has 1 heterocycles. The van der Waals surface area contributed by atoms with Crippen molar-refractivity contribution in [3.63, 3.8) is 0 Å². The first kappa shape index (κ1) is 16.5. The summed E-state index contributed by atoms with van der Waals surface area (Å²) in [6.07, 6.45) is 0. The fraction of sp³-hybridized carbons (Fsp3) is 0.583. The Hall–Kier alpha value is -1.60. The average Bonchev–Trinajstić information content (AvgIpc) is 2.78. The van der Waals surface area contributed by atoms with E-state index in [1.165, 1.54) is 12.0 Å². The van der Waals surface area contributed by atoms with Gasteiger partial charge in [0.25, 0.3) is 0 Å². The minimum Gasteiger partial charge on any atom is -0.383 e. The lowest BCUT2D eigenvalue weighted by atomic mass is 10.3. The molecule has 1 aromatic rings. The van der Waals surface area contributed by atoms with Gasteiger partial charge in [0.05, 0.1) is 6.61 Å². The van der Waals surface area contributed by atoms with Gasteiger partial charge in [-0.2, -0.15) is 0 Å². The number of aryl methyl sites for hydroxylation is 1. The number of methoxy groups -OCH3 is 1. The van der Waals surface area contributed by atoms with Gasteiger partial charge in [0.15, 0.2) is 5.82 Å². The number of ether oxygens (including phenoxy) is 1. The van der Waals surface area contributed by atoms with Gasteiger partial charge in [-0.15, -0.1) is 11.6 Å². The van der Waals surface area contributed by atoms with Gasteiger partial charge in [-0.05, 0) is 13.8 Å². The number of anilines is 1. The SMILES string of the molecule is COCCN(CC(=O)Nc1cc(C)on1)C(=O)C(C)Cl. The number of rotatable bonds is 7. The van der Waals surface area contributed by atoms with Crippen LogP contribution in [0.1, 0.15) is 12.7 Å². The topological polar surface area (TPSA) is 84.7 Å². The summed E-state index contributed by atoms with van der Waals surface area (Å²) in [4.78, 5) is 25.1. The third kappa shape index (κ3) is 5.18. The number of carbonyl (C=O) groups is 2. The van der Waals surface area contributed by atoms with Crippen LogP contribution in [0.3, 0.4) is 0 Å². The number of amides is 2. The summed E-state index contributed by atoms with van der Waals surface area (Å²) in [6, 6.07) is 1.59. The molecule has 8 heteroatoms. The first-order valence-electron chi connectivity index (χ1n) is 6.09. The lowest BCUT2D eigenvalue weighted by Gasteiger charge is -2.22. The number of halogens is 1. The van der Waals surface area contributed by atoms with Crippen LogP contribution in [0.5, 0.6) is 0 Å². The Bertz CT molecular complexity index is 461. The summed E-state index contributed by atoms with van der Waals surface area (Å²) in [7, 11) is 1.52. The Balaban J connectivity index is 2.59. The predicted octanol–water partition coefficient (Wildman–Crippen LogP) is 1.02. The normalized spacial score (nSPS) is 12.0. The van der Waals surface area contributed by atoms with Crippen molar-refractivity contribution in [3.05, 3.63) is 11.8 Å². The summed E-state index contributed by atoms with van der Waals surface area (Å²) in [5, 5.41) is 5.49. The second-order valence-corrected chi connectivity index (χ2v) is 4.89. The molecular weight excluding hydrogens is 286 g/mol. The molecule has 0 saturated carbocycles. The summed E-state index contributed by atoms with van der Waals surface area (Å²) < 4.78 is 9.74. The molecule has 0 spiro atoms. The number of hydrogen-bond acceptors (Lipinski definition) is 5. The molecule has 1 rings (SSSR count). The Morgan fingerprint density at radius 3 is 2.80 bits per heavy atom. The van der Waals surface area contributed by atoms with E-state index in [0.717, 1.165) is 0 Å². The molecular formula is C12H18ClN3O4. The minimum atomic E-state index is -0.700. The first-order valence-corrected chi connectivity index (χ1v) is 6.52. The average molecular weight is 304 g/mol. The number of hydrogen-bond donors (Lipinski definition) is 1. The maximum atomic E-state index is 11.9. The van der Waals surface area contributed by atoms with Crippen LogP contribution < -0.4 is 5.32 Å². The van der Waals surface area contributed by atoms with Crippen molar-refractivity contribution in [2.24, 2.45) is 0 Å². The zero-order valence-corrected chi connectivity index (χ0v) is 12.4. The molecule has 0 aliphatic rings. The van der Waals surface area contributed by atoms with E-state index in [1.807, 2.05) is 0 Å². The standard InChI is InChI=1S/C12H18ClN3O4/c1-8-6-10(15-20-8)14-11(17)7-16(4-5-19-3)12(18)9(2)13/h6,9H,4-5,7H2,1-3H3,(H,14,15,17). The zero-order chi connectivity index (χ0) is 15.1. The third-order valence-electron chi connectivity index (χ3n) is 2.45. The minimum absolute atomic E-state index is 0.120. The molecule has 0 saturated heterocycles. The molecule has 0 aliphatic carbocycles. The van der Waals surface area contributed by atoms with Crippen molar-refractivity contribution < 1.29 is 18.8 Å². The molecule has 0 fully saturated rings. The van der Waals surface area contributed by atoms with Crippen molar-refractivity contribution in [2.75, 3.05) is 32.1 Å². The Morgan fingerprint density at radius 2 is 2.30 bits per heavy atom. The lowest BCUT2D eigenvalue weighted by molar-refractivity contribution is -0.134. The second kappa shape index (κ2) is 7.86. The smallest absolute Gasteiger partial charge is 0.245 e. The molecule has 20 heavy (non-hydrogen) atoms. The largest absolute Gasteiger partial charge is 0.383 e. The lowest BCUT2D eigenvalue weighted by Crippen LogP contribution is -2.42. The number of nitrogens with zero attached hydrogens (tertiary/aromatic N) is 2. The van der Waals surface area contributed by atoms with Crippen LogP contribution in [-0.2, 0) is 14.3 Å². The van der Waals surface area contributed by atoms with E-state index in [9.17, 15) is 9.59 Å². The first-order chi connectivity index (χ1) is 9.43. The van der Waals surface area contributed by atoms with Crippen LogP contribution in [0.25, 0.3) is 0 Å². The van der Waals surface area contributed by atoms with E-state index in [-0.39, 0.29) is 24.9 Å². The van der Waals surface area contributed by atoms with Crippen molar-refractivity contribution in [2.45, 2.75) is 19.2 Å².